The number of aromatic nitrogens is 2. The van der Waals surface area contributed by atoms with Crippen molar-refractivity contribution in [1.29, 1.82) is 0 Å². The number of hydrogen-bond acceptors (Lipinski definition) is 3. The zero-order valence-corrected chi connectivity index (χ0v) is 10.0. The molecule has 0 aliphatic heterocycles. The molecule has 0 bridgehead atoms. The Morgan fingerprint density at radius 3 is 2.39 bits per heavy atom. The minimum Gasteiger partial charge on any atom is -0.268 e. The predicted molar refractivity (Wildman–Crippen MR) is 61.0 cm³/mol. The van der Waals surface area contributed by atoms with Gasteiger partial charge in [0.2, 0.25) is 9.84 Å². The van der Waals surface area contributed by atoms with E-state index >= 15 is 0 Å². The number of halogens is 2. The smallest absolute Gasteiger partial charge is 0.268 e. The van der Waals surface area contributed by atoms with Gasteiger partial charge >= 0.3 is 5.76 Å². The molecule has 1 heterocycles. The second kappa shape index (κ2) is 4.85. The zero-order chi connectivity index (χ0) is 13.2. The van der Waals surface area contributed by atoms with Crippen molar-refractivity contribution in [2.45, 2.75) is 17.2 Å². The Balaban J connectivity index is 2.21. The lowest BCUT2D eigenvalue weighted by atomic mass is 10.2. The van der Waals surface area contributed by atoms with Crippen LogP contribution in [0.5, 0.6) is 0 Å². The monoisotopic (exact) mass is 272 g/mol. The van der Waals surface area contributed by atoms with Crippen molar-refractivity contribution >= 4 is 9.84 Å². The lowest BCUT2D eigenvalue weighted by Crippen LogP contribution is -2.11. The number of nitrogens with zero attached hydrogens (tertiary/aromatic N) is 2. The van der Waals surface area contributed by atoms with Gasteiger partial charge in [-0.1, -0.05) is 12.1 Å². The topological polar surface area (TPSA) is 52.0 Å². The van der Waals surface area contributed by atoms with E-state index in [-0.39, 0.29) is 4.90 Å². The van der Waals surface area contributed by atoms with Crippen LogP contribution in [0.1, 0.15) is 5.56 Å². The van der Waals surface area contributed by atoms with Crippen molar-refractivity contribution in [3.05, 3.63) is 48.3 Å². The summed E-state index contributed by atoms with van der Waals surface area (Å²) < 4.78 is 48.6. The van der Waals surface area contributed by atoms with Crippen molar-refractivity contribution < 1.29 is 17.2 Å². The van der Waals surface area contributed by atoms with E-state index in [1.165, 1.54) is 24.3 Å². The van der Waals surface area contributed by atoms with Crippen LogP contribution in [0, 0.1) is 0 Å². The maximum absolute atomic E-state index is 12.3. The van der Waals surface area contributed by atoms with Gasteiger partial charge in [0, 0.05) is 12.4 Å². The highest BCUT2D eigenvalue weighted by Gasteiger charge is 2.26. The Morgan fingerprint density at radius 2 is 1.89 bits per heavy atom. The average molecular weight is 272 g/mol. The van der Waals surface area contributed by atoms with Crippen LogP contribution < -0.4 is 0 Å². The normalized spacial score (nSPS) is 11.9. The molecule has 0 spiro atoms. The Morgan fingerprint density at radius 1 is 1.22 bits per heavy atom. The van der Waals surface area contributed by atoms with Crippen molar-refractivity contribution in [3.8, 4) is 0 Å². The molecular formula is C11H10F2N2O2S. The number of hydrogen-bond donors (Lipinski definition) is 0. The van der Waals surface area contributed by atoms with Gasteiger partial charge in [0.25, 0.3) is 0 Å². The van der Waals surface area contributed by atoms with E-state index in [9.17, 15) is 17.2 Å². The average Bonchev–Trinajstić information content (AvgIpc) is 2.82. The first-order chi connectivity index (χ1) is 8.50. The Hall–Kier alpha value is -1.76. The van der Waals surface area contributed by atoms with Gasteiger partial charge in [-0.2, -0.15) is 13.9 Å². The molecule has 0 unspecified atom stereocenters. The van der Waals surface area contributed by atoms with Gasteiger partial charge in [-0.25, -0.2) is 8.42 Å². The summed E-state index contributed by atoms with van der Waals surface area (Å²) in [5, 5.41) is 3.99. The lowest BCUT2D eigenvalue weighted by Gasteiger charge is -2.05. The first kappa shape index (κ1) is 12.7. The van der Waals surface area contributed by atoms with E-state index < -0.39 is 15.6 Å². The summed E-state index contributed by atoms with van der Waals surface area (Å²) in [5.74, 6) is -3.39. The SMILES string of the molecule is O=S(=O)(c1ccc(Cn2cccn2)cc1)C(F)F. The first-order valence-corrected chi connectivity index (χ1v) is 6.63. The predicted octanol–water partition coefficient (Wildman–Crippen LogP) is 1.93. The van der Waals surface area contributed by atoms with Gasteiger partial charge in [0.1, 0.15) is 0 Å². The van der Waals surface area contributed by atoms with Gasteiger partial charge in [-0.3, -0.25) is 4.68 Å². The molecule has 7 heteroatoms. The largest absolute Gasteiger partial charge is 0.341 e. The van der Waals surface area contributed by atoms with Gasteiger partial charge in [-0.15, -0.1) is 0 Å². The second-order valence-corrected chi connectivity index (χ2v) is 5.57. The summed E-state index contributed by atoms with van der Waals surface area (Å²) in [6.45, 7) is 0.460. The molecule has 1 aromatic carbocycles. The van der Waals surface area contributed by atoms with Crippen molar-refractivity contribution in [1.82, 2.24) is 9.78 Å². The molecule has 0 atom stereocenters. The maximum atomic E-state index is 12.3. The molecule has 0 radical (unpaired) electrons. The Kier molecular flexibility index (Phi) is 3.42. The third kappa shape index (κ3) is 2.56. The quantitative estimate of drug-likeness (QED) is 0.854. The van der Waals surface area contributed by atoms with Gasteiger partial charge in [0.15, 0.2) is 0 Å². The fraction of sp³-hybridized carbons (Fsp3) is 0.182. The summed E-state index contributed by atoms with van der Waals surface area (Å²) >= 11 is 0. The fourth-order valence-electron chi connectivity index (χ4n) is 1.47. The molecule has 2 aromatic rings. The summed E-state index contributed by atoms with van der Waals surface area (Å²) in [5.41, 5.74) is 0.784. The summed E-state index contributed by atoms with van der Waals surface area (Å²) in [7, 11) is -4.51. The highest BCUT2D eigenvalue weighted by molar-refractivity contribution is 7.91. The van der Waals surface area contributed by atoms with Gasteiger partial charge in [0.05, 0.1) is 11.4 Å². The minimum absolute atomic E-state index is 0.373. The molecule has 0 saturated carbocycles. The molecule has 96 valence electrons. The maximum Gasteiger partial charge on any atom is 0.341 e. The molecule has 0 N–H and O–H groups in total. The molecule has 0 fully saturated rings. The van der Waals surface area contributed by atoms with Crippen molar-refractivity contribution in [2.24, 2.45) is 0 Å². The molecule has 18 heavy (non-hydrogen) atoms. The van der Waals surface area contributed by atoms with Crippen LogP contribution in [-0.2, 0) is 16.4 Å². The number of sulfone groups is 1. The van der Waals surface area contributed by atoms with Crippen LogP contribution in [0.4, 0.5) is 8.78 Å². The zero-order valence-electron chi connectivity index (χ0n) is 9.20. The van der Waals surface area contributed by atoms with E-state index in [0.29, 0.717) is 6.54 Å². The van der Waals surface area contributed by atoms with E-state index in [1.54, 1.807) is 23.1 Å². The van der Waals surface area contributed by atoms with Crippen molar-refractivity contribution in [3.63, 3.8) is 0 Å². The van der Waals surface area contributed by atoms with Crippen LogP contribution in [0.3, 0.4) is 0 Å². The van der Waals surface area contributed by atoms with Crippen LogP contribution in [0.2, 0.25) is 0 Å². The van der Waals surface area contributed by atoms with Crippen LogP contribution in [0.15, 0.2) is 47.6 Å². The minimum atomic E-state index is -4.51. The van der Waals surface area contributed by atoms with E-state index in [0.717, 1.165) is 5.56 Å². The van der Waals surface area contributed by atoms with E-state index in [4.69, 9.17) is 0 Å². The standard InChI is InChI=1S/C11H10F2N2O2S/c12-11(13)18(16,17)10-4-2-9(3-5-10)8-15-7-1-6-14-15/h1-7,11H,8H2. The first-order valence-electron chi connectivity index (χ1n) is 5.08. The van der Waals surface area contributed by atoms with Crippen LogP contribution >= 0.6 is 0 Å². The fourth-order valence-corrected chi connectivity index (χ4v) is 2.19. The summed E-state index contributed by atoms with van der Waals surface area (Å²) in [4.78, 5) is -0.373. The molecule has 1 aromatic heterocycles. The third-order valence-electron chi connectivity index (χ3n) is 2.39. The molecular weight excluding hydrogens is 262 g/mol. The molecule has 2 rings (SSSR count). The summed E-state index contributed by atoms with van der Waals surface area (Å²) in [6.07, 6.45) is 3.37. The van der Waals surface area contributed by atoms with Crippen molar-refractivity contribution in [2.75, 3.05) is 0 Å². The highest BCUT2D eigenvalue weighted by Crippen LogP contribution is 2.18. The Bertz CT molecular complexity index is 607. The number of benzene rings is 1. The lowest BCUT2D eigenvalue weighted by molar-refractivity contribution is 0.234. The molecule has 0 saturated heterocycles. The second-order valence-electron chi connectivity index (χ2n) is 3.65. The molecule has 0 amide bonds. The highest BCUT2D eigenvalue weighted by atomic mass is 32.2. The van der Waals surface area contributed by atoms with E-state index in [1.807, 2.05) is 0 Å². The van der Waals surface area contributed by atoms with Gasteiger partial charge < -0.3 is 0 Å². The van der Waals surface area contributed by atoms with Crippen LogP contribution in [0.25, 0.3) is 0 Å². The molecule has 0 aliphatic rings. The molecule has 0 aliphatic carbocycles. The number of rotatable bonds is 4. The Labute approximate surface area is 103 Å². The number of alkyl halides is 2. The van der Waals surface area contributed by atoms with Gasteiger partial charge in [-0.05, 0) is 23.8 Å². The van der Waals surface area contributed by atoms with E-state index in [2.05, 4.69) is 5.10 Å². The molecule has 4 nitrogen and oxygen atoms in total. The third-order valence-corrected chi connectivity index (χ3v) is 3.79. The summed E-state index contributed by atoms with van der Waals surface area (Å²) in [6, 6.07) is 7.12. The van der Waals surface area contributed by atoms with Crippen LogP contribution in [-0.4, -0.2) is 24.0 Å².